The summed E-state index contributed by atoms with van der Waals surface area (Å²) in [6, 6.07) is 10.7. The molecule has 178 valence electrons. The van der Waals surface area contributed by atoms with E-state index in [2.05, 4.69) is 15.5 Å². The van der Waals surface area contributed by atoms with Crippen molar-refractivity contribution < 1.29 is 23.8 Å². The number of nitrogens with one attached hydrogen (secondary N) is 2. The van der Waals surface area contributed by atoms with Gasteiger partial charge in [-0.05, 0) is 62.0 Å². The number of nitrogens with zero attached hydrogens (tertiary/aromatic N) is 2. The predicted octanol–water partition coefficient (Wildman–Crippen LogP) is 2.99. The monoisotopic (exact) mass is 464 g/mol. The molecule has 0 saturated heterocycles. The van der Waals surface area contributed by atoms with E-state index in [1.54, 1.807) is 30.6 Å². The lowest BCUT2D eigenvalue weighted by atomic mass is 9.94. The van der Waals surface area contributed by atoms with E-state index in [4.69, 9.17) is 14.2 Å². The van der Waals surface area contributed by atoms with Crippen LogP contribution in [0.15, 0.2) is 48.8 Å². The molecule has 1 aliphatic rings. The summed E-state index contributed by atoms with van der Waals surface area (Å²) in [5, 5.41) is 9.81. The Morgan fingerprint density at radius 2 is 2.06 bits per heavy atom. The lowest BCUT2D eigenvalue weighted by Gasteiger charge is -2.25. The molecule has 1 aromatic heterocycles. The second-order valence-electron chi connectivity index (χ2n) is 8.37. The van der Waals surface area contributed by atoms with Gasteiger partial charge in [0.1, 0.15) is 24.7 Å². The number of aromatic amines is 1. The quantitative estimate of drug-likeness (QED) is 0.494. The Kier molecular flexibility index (Phi) is 7.12. The first kappa shape index (κ1) is 23.3. The fourth-order valence-corrected chi connectivity index (χ4v) is 3.71. The maximum Gasteiger partial charge on any atom is 0.337 e. The smallest absolute Gasteiger partial charge is 0.337 e. The number of H-pyrrole nitrogens is 1. The number of carbonyl (C=O) groups is 2. The first-order valence-corrected chi connectivity index (χ1v) is 11.0. The highest BCUT2D eigenvalue weighted by atomic mass is 16.5. The molecule has 0 bridgehead atoms. The summed E-state index contributed by atoms with van der Waals surface area (Å²) in [4.78, 5) is 27.0. The number of carbonyl (C=O) groups excluding carboxylic acids is 2. The maximum atomic E-state index is 13.1. The molecule has 1 aliphatic heterocycles. The zero-order chi connectivity index (χ0) is 24.1. The molecular weight excluding hydrogens is 436 g/mol. The molecule has 1 atom stereocenters. The van der Waals surface area contributed by atoms with E-state index in [-0.39, 0.29) is 12.5 Å². The van der Waals surface area contributed by atoms with Gasteiger partial charge in [-0.3, -0.25) is 9.89 Å². The third kappa shape index (κ3) is 5.37. The minimum atomic E-state index is -0.424. The summed E-state index contributed by atoms with van der Waals surface area (Å²) in [5.41, 5.74) is 3.67. The summed E-state index contributed by atoms with van der Waals surface area (Å²) < 4.78 is 16.6. The topological polar surface area (TPSA) is 106 Å². The third-order valence-electron chi connectivity index (χ3n) is 5.63. The molecule has 3 aromatic rings. The molecule has 0 fully saturated rings. The molecule has 0 radical (unpaired) electrons. The van der Waals surface area contributed by atoms with E-state index in [0.717, 1.165) is 23.2 Å². The van der Waals surface area contributed by atoms with E-state index in [9.17, 15) is 9.59 Å². The van der Waals surface area contributed by atoms with Crippen molar-refractivity contribution in [1.29, 1.82) is 0 Å². The number of likely N-dealkylation sites (N-methyl/N-ethyl adjacent to an activating group) is 1. The molecule has 0 aliphatic carbocycles. The van der Waals surface area contributed by atoms with Gasteiger partial charge in [-0.15, -0.1) is 0 Å². The van der Waals surface area contributed by atoms with Crippen molar-refractivity contribution in [3.05, 3.63) is 59.9 Å². The van der Waals surface area contributed by atoms with Gasteiger partial charge >= 0.3 is 5.97 Å². The van der Waals surface area contributed by atoms with Crippen LogP contribution in [0.1, 0.15) is 15.9 Å². The van der Waals surface area contributed by atoms with Crippen LogP contribution in [-0.2, 0) is 16.0 Å². The Bertz CT molecular complexity index is 1160. The second kappa shape index (κ2) is 10.4. The lowest BCUT2D eigenvalue weighted by Crippen LogP contribution is -2.33. The molecule has 1 amide bonds. The molecule has 0 saturated carbocycles. The van der Waals surface area contributed by atoms with Gasteiger partial charge in [-0.1, -0.05) is 6.07 Å². The zero-order valence-electron chi connectivity index (χ0n) is 19.5. The molecule has 4 rings (SSSR count). The van der Waals surface area contributed by atoms with E-state index in [0.29, 0.717) is 35.8 Å². The second-order valence-corrected chi connectivity index (χ2v) is 8.37. The van der Waals surface area contributed by atoms with Crippen molar-refractivity contribution >= 4 is 17.6 Å². The van der Waals surface area contributed by atoms with Crippen molar-refractivity contribution in [3.63, 3.8) is 0 Å². The highest BCUT2D eigenvalue weighted by Crippen LogP contribution is 2.33. The average Bonchev–Trinajstić information content (AvgIpc) is 3.38. The van der Waals surface area contributed by atoms with Crippen molar-refractivity contribution in [3.8, 4) is 22.6 Å². The maximum absolute atomic E-state index is 13.1. The highest BCUT2D eigenvalue weighted by molar-refractivity contribution is 5.95. The molecule has 34 heavy (non-hydrogen) atoms. The highest BCUT2D eigenvalue weighted by Gasteiger charge is 2.27. The number of hydrogen-bond acceptors (Lipinski definition) is 7. The van der Waals surface area contributed by atoms with Crippen LogP contribution in [0.5, 0.6) is 11.5 Å². The standard InChI is InChI=1S/C25H28N4O5/c1-29(2)8-9-33-23-12-16(20-13-26-27-14-20)4-6-21(23)28-24(30)19-11-18-10-17(25(31)32-3)5-7-22(18)34-15-19/h4-7,10,12-14,19H,8-9,11,15H2,1-3H3,(H,26,27)(H,28,30). The number of hydrogen-bond donors (Lipinski definition) is 2. The summed E-state index contributed by atoms with van der Waals surface area (Å²) in [6.07, 6.45) is 3.99. The molecule has 2 heterocycles. The molecule has 2 aromatic carbocycles. The van der Waals surface area contributed by atoms with Crippen LogP contribution in [0.3, 0.4) is 0 Å². The van der Waals surface area contributed by atoms with Gasteiger partial charge in [0, 0.05) is 18.3 Å². The van der Waals surface area contributed by atoms with E-state index >= 15 is 0 Å². The SMILES string of the molecule is COC(=O)c1ccc2c(c1)CC(C(=O)Nc1ccc(-c3cn[nH]c3)cc1OCCN(C)C)CO2. The van der Waals surface area contributed by atoms with Crippen molar-refractivity contribution in [2.45, 2.75) is 6.42 Å². The Balaban J connectivity index is 1.51. The fraction of sp³-hybridized carbons (Fsp3) is 0.320. The number of benzene rings is 2. The van der Waals surface area contributed by atoms with E-state index in [1.807, 2.05) is 37.2 Å². The van der Waals surface area contributed by atoms with Crippen LogP contribution in [0.4, 0.5) is 5.69 Å². The normalized spacial score (nSPS) is 14.8. The molecule has 9 heteroatoms. The van der Waals surface area contributed by atoms with Gasteiger partial charge in [-0.25, -0.2) is 4.79 Å². The van der Waals surface area contributed by atoms with Gasteiger partial charge < -0.3 is 24.4 Å². The molecule has 1 unspecified atom stereocenters. The number of fused-ring (bicyclic) bond motifs is 1. The summed E-state index contributed by atoms with van der Waals surface area (Å²) in [5.74, 6) is 0.241. The molecular formula is C25H28N4O5. The lowest BCUT2D eigenvalue weighted by molar-refractivity contribution is -0.121. The number of aromatic nitrogens is 2. The summed E-state index contributed by atoms with van der Waals surface area (Å²) in [6.45, 7) is 1.46. The fourth-order valence-electron chi connectivity index (χ4n) is 3.71. The predicted molar refractivity (Wildman–Crippen MR) is 127 cm³/mol. The first-order valence-electron chi connectivity index (χ1n) is 11.0. The molecule has 9 nitrogen and oxygen atoms in total. The van der Waals surface area contributed by atoms with Gasteiger partial charge in [0.25, 0.3) is 0 Å². The molecule has 2 N–H and O–H groups in total. The number of ether oxygens (including phenoxy) is 3. The van der Waals surface area contributed by atoms with Crippen molar-refractivity contribution in [2.24, 2.45) is 5.92 Å². The number of esters is 1. The zero-order valence-corrected chi connectivity index (χ0v) is 19.5. The van der Waals surface area contributed by atoms with Gasteiger partial charge in [0.15, 0.2) is 0 Å². The van der Waals surface area contributed by atoms with Gasteiger partial charge in [-0.2, -0.15) is 5.10 Å². The number of anilines is 1. The van der Waals surface area contributed by atoms with Crippen LogP contribution in [0, 0.1) is 5.92 Å². The molecule has 0 spiro atoms. The third-order valence-corrected chi connectivity index (χ3v) is 5.63. The largest absolute Gasteiger partial charge is 0.492 e. The number of methoxy groups -OCH3 is 1. The van der Waals surface area contributed by atoms with Crippen LogP contribution >= 0.6 is 0 Å². The van der Waals surface area contributed by atoms with E-state index in [1.165, 1.54) is 7.11 Å². The number of rotatable bonds is 8. The number of amides is 1. The average molecular weight is 465 g/mol. The first-order chi connectivity index (χ1) is 16.4. The van der Waals surface area contributed by atoms with E-state index < -0.39 is 11.9 Å². The minimum absolute atomic E-state index is 0.178. The van der Waals surface area contributed by atoms with Gasteiger partial charge in [0.05, 0.1) is 30.5 Å². The Morgan fingerprint density at radius 3 is 2.79 bits per heavy atom. The summed E-state index contributed by atoms with van der Waals surface area (Å²) in [7, 11) is 5.28. The van der Waals surface area contributed by atoms with Crippen LogP contribution < -0.4 is 14.8 Å². The van der Waals surface area contributed by atoms with Crippen LogP contribution in [-0.4, -0.2) is 67.9 Å². The Hall–Kier alpha value is -3.85. The Morgan fingerprint density at radius 1 is 1.21 bits per heavy atom. The summed E-state index contributed by atoms with van der Waals surface area (Å²) >= 11 is 0. The van der Waals surface area contributed by atoms with Crippen molar-refractivity contribution in [2.75, 3.05) is 46.3 Å². The van der Waals surface area contributed by atoms with Crippen LogP contribution in [0.2, 0.25) is 0 Å². The van der Waals surface area contributed by atoms with Crippen molar-refractivity contribution in [1.82, 2.24) is 15.1 Å². The Labute approximate surface area is 198 Å². The minimum Gasteiger partial charge on any atom is -0.492 e. The van der Waals surface area contributed by atoms with Crippen LogP contribution in [0.25, 0.3) is 11.1 Å². The van der Waals surface area contributed by atoms with Gasteiger partial charge in [0.2, 0.25) is 5.91 Å².